The standard InChI is InChI=1S/C22H33BrFN5OS/c1-13(2)27-12-15(17-5-6-18(23)31-17)22(30)29-9-7-28(8-10-29)21(25)19-14(3)11-16(24)20(19)26-4/h5-6,13-16,25-27H,7-12H2,1-4H3/t14-,15-,16+/m1/s1. The predicted octanol–water partition coefficient (Wildman–Crippen LogP) is 3.57. The lowest BCUT2D eigenvalue weighted by atomic mass is 10.0. The fourth-order valence-corrected chi connectivity index (χ4v) is 5.87. The number of carbonyl (C=O) groups excluding carboxylic acids is 1. The van der Waals surface area contributed by atoms with E-state index in [0.717, 1.165) is 14.2 Å². The van der Waals surface area contributed by atoms with Gasteiger partial charge >= 0.3 is 0 Å². The van der Waals surface area contributed by atoms with E-state index < -0.39 is 6.17 Å². The summed E-state index contributed by atoms with van der Waals surface area (Å²) >= 11 is 5.11. The number of piperazine rings is 1. The molecule has 3 rings (SSSR count). The highest BCUT2D eigenvalue weighted by atomic mass is 79.9. The summed E-state index contributed by atoms with van der Waals surface area (Å²) < 4.78 is 15.3. The van der Waals surface area contributed by atoms with Crippen LogP contribution in [0.3, 0.4) is 0 Å². The Morgan fingerprint density at radius 2 is 1.94 bits per heavy atom. The molecule has 31 heavy (non-hydrogen) atoms. The number of alkyl halides is 1. The smallest absolute Gasteiger partial charge is 0.232 e. The van der Waals surface area contributed by atoms with E-state index in [1.54, 1.807) is 18.4 Å². The number of hydrogen-bond donors (Lipinski definition) is 3. The summed E-state index contributed by atoms with van der Waals surface area (Å²) in [5.41, 5.74) is 1.32. The van der Waals surface area contributed by atoms with Crippen LogP contribution in [0.25, 0.3) is 0 Å². The molecule has 1 aliphatic heterocycles. The Morgan fingerprint density at radius 3 is 2.48 bits per heavy atom. The molecule has 3 atom stereocenters. The highest BCUT2D eigenvalue weighted by molar-refractivity contribution is 9.11. The summed E-state index contributed by atoms with van der Waals surface area (Å²) in [6, 6.07) is 4.31. The lowest BCUT2D eigenvalue weighted by Gasteiger charge is -2.38. The van der Waals surface area contributed by atoms with Crippen molar-refractivity contribution in [1.29, 1.82) is 5.41 Å². The molecule has 1 aromatic heterocycles. The predicted molar refractivity (Wildman–Crippen MR) is 129 cm³/mol. The van der Waals surface area contributed by atoms with Crippen LogP contribution in [-0.2, 0) is 4.79 Å². The van der Waals surface area contributed by atoms with Crippen molar-refractivity contribution < 1.29 is 9.18 Å². The number of hydrogen-bond acceptors (Lipinski definition) is 5. The minimum Gasteiger partial charge on any atom is -0.389 e. The Hall–Kier alpha value is -1.45. The van der Waals surface area contributed by atoms with Crippen molar-refractivity contribution in [3.8, 4) is 0 Å². The first-order valence-corrected chi connectivity index (χ1v) is 12.5. The molecule has 6 nitrogen and oxygen atoms in total. The molecule has 3 N–H and O–H groups in total. The summed E-state index contributed by atoms with van der Waals surface area (Å²) in [7, 11) is 1.72. The number of thiophene rings is 1. The van der Waals surface area contributed by atoms with Gasteiger partial charge in [0, 0.05) is 56.3 Å². The third kappa shape index (κ3) is 5.49. The van der Waals surface area contributed by atoms with Gasteiger partial charge in [0.05, 0.1) is 15.4 Å². The van der Waals surface area contributed by atoms with Gasteiger partial charge in [-0.25, -0.2) is 4.39 Å². The molecule has 0 bridgehead atoms. The number of halogens is 2. The molecule has 1 saturated heterocycles. The molecule has 2 heterocycles. The molecule has 0 aromatic carbocycles. The largest absolute Gasteiger partial charge is 0.389 e. The minimum absolute atomic E-state index is 0.0216. The maximum atomic E-state index is 14.3. The second kappa shape index (κ2) is 10.4. The van der Waals surface area contributed by atoms with Crippen molar-refractivity contribution in [1.82, 2.24) is 20.4 Å². The molecule has 0 unspecified atom stereocenters. The SMILES string of the molecule is CNC1=C(C(=N)N2CCN(C(=O)[C@H](CNC(C)C)c3ccc(Br)s3)CC2)[C@H](C)C[C@@H]1F. The third-order valence-corrected chi connectivity index (χ3v) is 7.79. The van der Waals surface area contributed by atoms with Gasteiger partial charge in [0.2, 0.25) is 5.91 Å². The Balaban J connectivity index is 1.66. The van der Waals surface area contributed by atoms with Crippen LogP contribution < -0.4 is 10.6 Å². The van der Waals surface area contributed by atoms with Crippen LogP contribution in [0, 0.1) is 11.3 Å². The number of amides is 1. The summed E-state index contributed by atoms with van der Waals surface area (Å²) in [5.74, 6) is 0.324. The molecule has 9 heteroatoms. The second-order valence-corrected chi connectivity index (χ2v) is 11.1. The van der Waals surface area contributed by atoms with Crippen LogP contribution in [0.15, 0.2) is 27.2 Å². The van der Waals surface area contributed by atoms with E-state index in [0.29, 0.717) is 56.7 Å². The Morgan fingerprint density at radius 1 is 1.29 bits per heavy atom. The summed E-state index contributed by atoms with van der Waals surface area (Å²) in [5, 5.41) is 15.1. The molecule has 1 aliphatic carbocycles. The zero-order valence-electron chi connectivity index (χ0n) is 18.7. The van der Waals surface area contributed by atoms with Crippen LogP contribution in [0.2, 0.25) is 0 Å². The monoisotopic (exact) mass is 513 g/mol. The van der Waals surface area contributed by atoms with E-state index in [4.69, 9.17) is 5.41 Å². The normalized spacial score (nSPS) is 22.9. The highest BCUT2D eigenvalue weighted by Crippen LogP contribution is 2.34. The Bertz CT molecular complexity index is 834. The number of carbonyl (C=O) groups is 1. The topological polar surface area (TPSA) is 71.5 Å². The molecule has 2 aliphatic rings. The van der Waals surface area contributed by atoms with Crippen LogP contribution in [-0.4, -0.2) is 73.5 Å². The lowest BCUT2D eigenvalue weighted by Crippen LogP contribution is -2.52. The van der Waals surface area contributed by atoms with E-state index in [1.807, 2.05) is 28.9 Å². The van der Waals surface area contributed by atoms with Crippen LogP contribution in [0.4, 0.5) is 4.39 Å². The third-order valence-electron chi connectivity index (χ3n) is 6.05. The molecule has 172 valence electrons. The maximum absolute atomic E-state index is 14.3. The molecule has 1 aromatic rings. The molecule has 0 spiro atoms. The molecule has 1 fully saturated rings. The Kier molecular flexibility index (Phi) is 8.15. The van der Waals surface area contributed by atoms with Gasteiger partial charge in [-0.2, -0.15) is 0 Å². The van der Waals surface area contributed by atoms with Crippen LogP contribution >= 0.6 is 27.3 Å². The molecule has 0 saturated carbocycles. The number of amidine groups is 1. The summed E-state index contributed by atoms with van der Waals surface area (Å²) in [6.07, 6.45) is -0.606. The average molecular weight is 515 g/mol. The second-order valence-electron chi connectivity index (χ2n) is 8.60. The maximum Gasteiger partial charge on any atom is 0.232 e. The van der Waals surface area contributed by atoms with Crippen molar-refractivity contribution in [3.05, 3.63) is 32.1 Å². The van der Waals surface area contributed by atoms with E-state index in [1.165, 1.54) is 0 Å². The minimum atomic E-state index is -1.03. The number of allylic oxidation sites excluding steroid dienone is 1. The summed E-state index contributed by atoms with van der Waals surface area (Å²) in [6.45, 7) is 9.07. The first-order chi connectivity index (χ1) is 14.7. The summed E-state index contributed by atoms with van der Waals surface area (Å²) in [4.78, 5) is 18.3. The first kappa shape index (κ1) is 24.2. The first-order valence-electron chi connectivity index (χ1n) is 10.9. The van der Waals surface area contributed by atoms with E-state index in [2.05, 4.69) is 40.4 Å². The van der Waals surface area contributed by atoms with Crippen LogP contribution in [0.1, 0.15) is 38.0 Å². The van der Waals surface area contributed by atoms with E-state index in [9.17, 15) is 9.18 Å². The average Bonchev–Trinajstić information content (AvgIpc) is 3.29. The van der Waals surface area contributed by atoms with Gasteiger partial charge < -0.3 is 20.4 Å². The fourth-order valence-electron chi connectivity index (χ4n) is 4.35. The van der Waals surface area contributed by atoms with Gasteiger partial charge in [0.15, 0.2) is 0 Å². The Labute approximate surface area is 196 Å². The van der Waals surface area contributed by atoms with Gasteiger partial charge in [-0.1, -0.05) is 20.8 Å². The lowest BCUT2D eigenvalue weighted by molar-refractivity contribution is -0.134. The number of rotatable bonds is 7. The molecular weight excluding hydrogens is 481 g/mol. The zero-order valence-corrected chi connectivity index (χ0v) is 21.1. The molecule has 1 amide bonds. The number of nitrogens with zero attached hydrogens (tertiary/aromatic N) is 2. The van der Waals surface area contributed by atoms with Gasteiger partial charge in [0.1, 0.15) is 12.0 Å². The van der Waals surface area contributed by atoms with Crippen LogP contribution in [0.5, 0.6) is 0 Å². The van der Waals surface area contributed by atoms with Crippen molar-refractivity contribution in [2.24, 2.45) is 5.92 Å². The fraction of sp³-hybridized carbons (Fsp3) is 0.636. The highest BCUT2D eigenvalue weighted by Gasteiger charge is 2.36. The van der Waals surface area contributed by atoms with Crippen molar-refractivity contribution in [3.63, 3.8) is 0 Å². The quantitative estimate of drug-likeness (QED) is 0.385. The van der Waals surface area contributed by atoms with Crippen molar-refractivity contribution >= 4 is 39.0 Å². The van der Waals surface area contributed by atoms with E-state index in [-0.39, 0.29) is 17.7 Å². The molecule has 0 radical (unpaired) electrons. The van der Waals surface area contributed by atoms with Gasteiger partial charge in [0.25, 0.3) is 0 Å². The van der Waals surface area contributed by atoms with Crippen molar-refractivity contribution in [2.45, 2.75) is 45.3 Å². The van der Waals surface area contributed by atoms with Gasteiger partial charge in [-0.3, -0.25) is 10.2 Å². The number of nitrogens with one attached hydrogen (secondary N) is 3. The van der Waals surface area contributed by atoms with Gasteiger partial charge in [-0.15, -0.1) is 11.3 Å². The van der Waals surface area contributed by atoms with Gasteiger partial charge in [-0.05, 0) is 40.4 Å². The zero-order chi connectivity index (χ0) is 22.7. The van der Waals surface area contributed by atoms with Crippen molar-refractivity contribution in [2.75, 3.05) is 39.8 Å². The molecular formula is C22H33BrFN5OS. The van der Waals surface area contributed by atoms with E-state index >= 15 is 0 Å².